The zero-order valence-corrected chi connectivity index (χ0v) is 13.3. The van der Waals surface area contributed by atoms with Gasteiger partial charge >= 0.3 is 11.9 Å². The number of aromatic nitrogens is 1. The molecule has 0 saturated carbocycles. The predicted molar refractivity (Wildman–Crippen MR) is 82.8 cm³/mol. The fourth-order valence-corrected chi connectivity index (χ4v) is 1.98. The molecule has 1 aliphatic heterocycles. The summed E-state index contributed by atoms with van der Waals surface area (Å²) < 4.78 is 5.70. The summed E-state index contributed by atoms with van der Waals surface area (Å²) in [5, 5.41) is 35.9. The highest BCUT2D eigenvalue weighted by molar-refractivity contribution is 5.83. The highest BCUT2D eigenvalue weighted by Crippen LogP contribution is 2.15. The van der Waals surface area contributed by atoms with E-state index in [0.717, 1.165) is 24.6 Å². The van der Waals surface area contributed by atoms with Crippen LogP contribution in [0.15, 0.2) is 18.3 Å². The Bertz CT molecular complexity index is 528. The molecule has 134 valence electrons. The molecule has 0 unspecified atom stereocenters. The number of nitrogens with one attached hydrogen (secondary N) is 1. The number of carboxylic acid groups (broad SMARTS) is 2. The molecule has 0 aromatic carbocycles. The number of ether oxygens (including phenoxy) is 1. The second kappa shape index (κ2) is 9.81. The monoisotopic (exact) mass is 342 g/mol. The number of hydrogen-bond acceptors (Lipinski definition) is 7. The summed E-state index contributed by atoms with van der Waals surface area (Å²) in [5.41, 5.74) is 0.963. The van der Waals surface area contributed by atoms with Crippen LogP contribution in [0.3, 0.4) is 0 Å². The van der Waals surface area contributed by atoms with Gasteiger partial charge in [0.15, 0.2) is 12.2 Å². The van der Waals surface area contributed by atoms with Crippen molar-refractivity contribution < 1.29 is 34.8 Å². The van der Waals surface area contributed by atoms with E-state index in [2.05, 4.69) is 10.3 Å². The Labute approximate surface area is 138 Å². The Morgan fingerprint density at radius 2 is 1.96 bits per heavy atom. The summed E-state index contributed by atoms with van der Waals surface area (Å²) in [6.45, 7) is 3.85. The number of aryl methyl sites for hydroxylation is 1. The van der Waals surface area contributed by atoms with Gasteiger partial charge in [0.05, 0.1) is 5.69 Å². The van der Waals surface area contributed by atoms with Crippen molar-refractivity contribution in [3.05, 3.63) is 24.0 Å². The Hall–Kier alpha value is -2.23. The Morgan fingerprint density at radius 3 is 2.42 bits per heavy atom. The van der Waals surface area contributed by atoms with Gasteiger partial charge in [-0.25, -0.2) is 9.59 Å². The Morgan fingerprint density at radius 1 is 1.33 bits per heavy atom. The Kier molecular flexibility index (Phi) is 8.10. The van der Waals surface area contributed by atoms with Crippen molar-refractivity contribution in [1.29, 1.82) is 0 Å². The topological polar surface area (TPSA) is 149 Å². The van der Waals surface area contributed by atoms with E-state index in [0.29, 0.717) is 6.04 Å². The fraction of sp³-hybridized carbons (Fsp3) is 0.533. The minimum absolute atomic E-state index is 0.523. The number of aliphatic hydroxyl groups is 2. The van der Waals surface area contributed by atoms with Crippen LogP contribution in [0.2, 0.25) is 0 Å². The van der Waals surface area contributed by atoms with Gasteiger partial charge in [-0.05, 0) is 38.4 Å². The molecule has 9 heteroatoms. The van der Waals surface area contributed by atoms with Gasteiger partial charge in [-0.2, -0.15) is 0 Å². The third-order valence-corrected chi connectivity index (χ3v) is 3.37. The van der Waals surface area contributed by atoms with Crippen molar-refractivity contribution in [3.8, 4) is 5.75 Å². The molecule has 3 atom stereocenters. The summed E-state index contributed by atoms with van der Waals surface area (Å²) in [6.07, 6.45) is -0.259. The van der Waals surface area contributed by atoms with Gasteiger partial charge in [0.1, 0.15) is 12.4 Å². The molecule has 1 aromatic rings. The van der Waals surface area contributed by atoms with Crippen LogP contribution in [0, 0.1) is 6.92 Å². The maximum Gasteiger partial charge on any atom is 0.335 e. The van der Waals surface area contributed by atoms with E-state index >= 15 is 0 Å². The van der Waals surface area contributed by atoms with Crippen LogP contribution in [-0.4, -0.2) is 68.8 Å². The number of rotatable bonds is 6. The highest BCUT2D eigenvalue weighted by Gasteiger charge is 2.29. The number of hydrogen-bond donors (Lipinski definition) is 5. The van der Waals surface area contributed by atoms with Crippen LogP contribution in [0.1, 0.15) is 18.5 Å². The van der Waals surface area contributed by atoms with Crippen LogP contribution in [0.4, 0.5) is 0 Å². The number of aliphatic carboxylic acids is 2. The number of aliphatic hydroxyl groups excluding tert-OH is 2. The largest absolute Gasteiger partial charge is 0.490 e. The fourth-order valence-electron chi connectivity index (χ4n) is 1.98. The van der Waals surface area contributed by atoms with Gasteiger partial charge in [0.2, 0.25) is 0 Å². The molecule has 2 heterocycles. The molecule has 24 heavy (non-hydrogen) atoms. The second-order valence-corrected chi connectivity index (χ2v) is 5.26. The van der Waals surface area contributed by atoms with E-state index in [1.165, 1.54) is 12.8 Å². The molecule has 1 aliphatic rings. The van der Waals surface area contributed by atoms with Crippen LogP contribution < -0.4 is 10.1 Å². The zero-order valence-electron chi connectivity index (χ0n) is 13.3. The van der Waals surface area contributed by atoms with E-state index in [1.54, 1.807) is 6.20 Å². The Balaban J connectivity index is 0.000000257. The summed E-state index contributed by atoms with van der Waals surface area (Å²) in [4.78, 5) is 23.7. The predicted octanol–water partition coefficient (Wildman–Crippen LogP) is -0.602. The highest BCUT2D eigenvalue weighted by atomic mass is 16.5. The van der Waals surface area contributed by atoms with Gasteiger partial charge in [-0.1, -0.05) is 0 Å². The molecule has 1 fully saturated rings. The number of pyridine rings is 1. The lowest BCUT2D eigenvalue weighted by Crippen LogP contribution is -2.39. The minimum atomic E-state index is -2.27. The SMILES string of the molecule is Cc1ncccc1OC[C@@H]1CCCN1.O=C(O)[C@H](O)[C@@H](O)C(=O)O. The maximum absolute atomic E-state index is 9.77. The van der Waals surface area contributed by atoms with Crippen LogP contribution in [-0.2, 0) is 9.59 Å². The summed E-state index contributed by atoms with van der Waals surface area (Å²) >= 11 is 0. The first-order chi connectivity index (χ1) is 11.3. The molecule has 9 nitrogen and oxygen atoms in total. The zero-order chi connectivity index (χ0) is 18.1. The molecule has 1 aromatic heterocycles. The number of carboxylic acids is 2. The van der Waals surface area contributed by atoms with Gasteiger partial charge in [0, 0.05) is 12.2 Å². The van der Waals surface area contributed by atoms with Gasteiger partial charge in [-0.15, -0.1) is 0 Å². The summed E-state index contributed by atoms with van der Waals surface area (Å²) in [5.74, 6) is -2.63. The van der Waals surface area contributed by atoms with Gasteiger partial charge in [-0.3, -0.25) is 4.98 Å². The lowest BCUT2D eigenvalue weighted by molar-refractivity contribution is -0.165. The molecule has 5 N–H and O–H groups in total. The van der Waals surface area contributed by atoms with E-state index in [1.807, 2.05) is 19.1 Å². The van der Waals surface area contributed by atoms with Crippen molar-refractivity contribution in [3.63, 3.8) is 0 Å². The van der Waals surface area contributed by atoms with E-state index in [9.17, 15) is 9.59 Å². The quantitative estimate of drug-likeness (QED) is 0.456. The molecule has 0 radical (unpaired) electrons. The van der Waals surface area contributed by atoms with E-state index in [-0.39, 0.29) is 0 Å². The average molecular weight is 342 g/mol. The third kappa shape index (κ3) is 6.49. The summed E-state index contributed by atoms with van der Waals surface area (Å²) in [6, 6.07) is 4.40. The second-order valence-electron chi connectivity index (χ2n) is 5.26. The first-order valence-corrected chi connectivity index (χ1v) is 7.42. The van der Waals surface area contributed by atoms with Crippen molar-refractivity contribution in [2.75, 3.05) is 13.2 Å². The third-order valence-electron chi connectivity index (χ3n) is 3.37. The van der Waals surface area contributed by atoms with Crippen LogP contribution in [0.5, 0.6) is 5.75 Å². The number of carbonyl (C=O) groups is 2. The van der Waals surface area contributed by atoms with E-state index in [4.69, 9.17) is 25.2 Å². The molecule has 2 rings (SSSR count). The molecule has 0 bridgehead atoms. The van der Waals surface area contributed by atoms with Crippen molar-refractivity contribution in [1.82, 2.24) is 10.3 Å². The van der Waals surface area contributed by atoms with Crippen molar-refractivity contribution in [2.24, 2.45) is 0 Å². The van der Waals surface area contributed by atoms with Crippen LogP contribution >= 0.6 is 0 Å². The standard InChI is InChI=1S/C11H16N2O.C4H6O6/c1-9-11(5-3-6-12-9)14-8-10-4-2-7-13-10;5-1(3(7)8)2(6)4(9)10/h3,5-6,10,13H,2,4,7-8H2,1H3;1-2,5-6H,(H,7,8)(H,9,10)/t10-;1-,2-/m01/s1. The first kappa shape index (κ1) is 19.8. The molecule has 0 amide bonds. The smallest absolute Gasteiger partial charge is 0.335 e. The van der Waals surface area contributed by atoms with Crippen molar-refractivity contribution in [2.45, 2.75) is 38.0 Å². The molecule has 1 saturated heterocycles. The van der Waals surface area contributed by atoms with Gasteiger partial charge < -0.3 is 30.5 Å². The lowest BCUT2D eigenvalue weighted by Gasteiger charge is -2.12. The summed E-state index contributed by atoms with van der Waals surface area (Å²) in [7, 11) is 0. The molecule has 0 spiro atoms. The maximum atomic E-state index is 9.77. The molecule has 0 aliphatic carbocycles. The lowest BCUT2D eigenvalue weighted by atomic mass is 10.2. The van der Waals surface area contributed by atoms with E-state index < -0.39 is 24.1 Å². The van der Waals surface area contributed by atoms with Crippen molar-refractivity contribution >= 4 is 11.9 Å². The average Bonchev–Trinajstić information content (AvgIpc) is 3.06. The van der Waals surface area contributed by atoms with Gasteiger partial charge in [0.25, 0.3) is 0 Å². The normalized spacial score (nSPS) is 18.9. The number of nitrogens with zero attached hydrogens (tertiary/aromatic N) is 1. The minimum Gasteiger partial charge on any atom is -0.490 e. The molecular weight excluding hydrogens is 320 g/mol. The van der Waals surface area contributed by atoms with Crippen LogP contribution in [0.25, 0.3) is 0 Å². The molecular formula is C15H22N2O7. The first-order valence-electron chi connectivity index (χ1n) is 7.42.